The molecule has 0 spiro atoms. The second-order valence-electron chi connectivity index (χ2n) is 4.74. The Balaban J connectivity index is 1.70. The number of H-pyrrole nitrogens is 1. The molecule has 8 heteroatoms. The van der Waals surface area contributed by atoms with Gasteiger partial charge in [-0.15, -0.1) is 5.10 Å². The van der Waals surface area contributed by atoms with E-state index in [1.54, 1.807) is 11.0 Å². The molecule has 0 bridgehead atoms. The molecular formula is C14H13BrN6O. The van der Waals surface area contributed by atoms with Crippen molar-refractivity contribution in [2.75, 3.05) is 5.32 Å². The van der Waals surface area contributed by atoms with Crippen molar-refractivity contribution < 1.29 is 4.79 Å². The number of hydrogen-bond acceptors (Lipinski definition) is 4. The quantitative estimate of drug-likeness (QED) is 0.747. The number of hydrogen-bond donors (Lipinski definition) is 2. The van der Waals surface area contributed by atoms with Crippen molar-refractivity contribution >= 4 is 27.8 Å². The van der Waals surface area contributed by atoms with Gasteiger partial charge in [0.15, 0.2) is 0 Å². The number of anilines is 1. The van der Waals surface area contributed by atoms with Gasteiger partial charge in [0.05, 0.1) is 17.2 Å². The average Bonchev–Trinajstić information content (AvgIpc) is 3.10. The first kappa shape index (κ1) is 14.5. The normalized spacial score (nSPS) is 10.6. The van der Waals surface area contributed by atoms with Crippen molar-refractivity contribution in [2.24, 2.45) is 0 Å². The number of aromatic nitrogens is 5. The summed E-state index contributed by atoms with van der Waals surface area (Å²) in [5.74, 6) is -0.0990. The highest BCUT2D eigenvalue weighted by Crippen LogP contribution is 2.14. The van der Waals surface area contributed by atoms with Crippen molar-refractivity contribution in [3.8, 4) is 0 Å². The summed E-state index contributed by atoms with van der Waals surface area (Å²) in [4.78, 5) is 16.1. The molecule has 7 nitrogen and oxygen atoms in total. The molecule has 22 heavy (non-hydrogen) atoms. The topological polar surface area (TPSA) is 88.5 Å². The zero-order valence-electron chi connectivity index (χ0n) is 11.7. The van der Waals surface area contributed by atoms with E-state index in [9.17, 15) is 4.79 Å². The number of rotatable bonds is 4. The van der Waals surface area contributed by atoms with Crippen molar-refractivity contribution in [1.29, 1.82) is 0 Å². The zero-order valence-corrected chi connectivity index (χ0v) is 13.3. The van der Waals surface area contributed by atoms with Gasteiger partial charge >= 0.3 is 0 Å². The zero-order chi connectivity index (χ0) is 15.5. The van der Waals surface area contributed by atoms with Crippen LogP contribution in [0.3, 0.4) is 0 Å². The summed E-state index contributed by atoms with van der Waals surface area (Å²) in [5.41, 5.74) is 2.67. The van der Waals surface area contributed by atoms with E-state index in [4.69, 9.17) is 0 Å². The van der Waals surface area contributed by atoms with E-state index in [-0.39, 0.29) is 11.9 Å². The van der Waals surface area contributed by atoms with E-state index in [1.807, 2.05) is 31.2 Å². The van der Waals surface area contributed by atoms with Crippen LogP contribution in [0.2, 0.25) is 0 Å². The third-order valence-electron chi connectivity index (χ3n) is 3.18. The summed E-state index contributed by atoms with van der Waals surface area (Å²) in [7, 11) is 0. The number of carbonyl (C=O) groups excluding carboxylic acids is 1. The molecule has 0 aliphatic carbocycles. The summed E-state index contributed by atoms with van der Waals surface area (Å²) in [6.45, 7) is 2.65. The van der Waals surface area contributed by atoms with E-state index in [1.165, 1.54) is 11.8 Å². The number of nitrogens with zero attached hydrogens (tertiary/aromatic N) is 4. The Bertz CT molecular complexity index is 809. The molecule has 0 atom stereocenters. The first-order valence-corrected chi connectivity index (χ1v) is 7.37. The molecule has 2 heterocycles. The Labute approximate surface area is 134 Å². The molecule has 1 amide bonds. The molecule has 0 saturated heterocycles. The summed E-state index contributed by atoms with van der Waals surface area (Å²) in [5, 5.41) is 13.3. The lowest BCUT2D eigenvalue weighted by Crippen LogP contribution is -2.14. The molecule has 0 aliphatic rings. The lowest BCUT2D eigenvalue weighted by Gasteiger charge is -2.04. The highest BCUT2D eigenvalue weighted by Gasteiger charge is 2.14. The fourth-order valence-corrected chi connectivity index (χ4v) is 2.36. The van der Waals surface area contributed by atoms with Gasteiger partial charge < -0.3 is 0 Å². The lowest BCUT2D eigenvalue weighted by molar-refractivity contribution is 0.102. The Morgan fingerprint density at radius 3 is 2.95 bits per heavy atom. The van der Waals surface area contributed by atoms with Crippen LogP contribution in [-0.2, 0) is 6.54 Å². The maximum absolute atomic E-state index is 12.0. The Kier molecular flexibility index (Phi) is 4.01. The molecule has 3 rings (SSSR count). The number of carbonyl (C=O) groups is 1. The molecule has 112 valence electrons. The fourth-order valence-electron chi connectivity index (χ4n) is 1.98. The molecule has 0 unspecified atom stereocenters. The minimum absolute atomic E-state index is 0.250. The van der Waals surface area contributed by atoms with Crippen molar-refractivity contribution in [3.05, 3.63) is 58.1 Å². The maximum atomic E-state index is 12.0. The molecule has 2 aromatic heterocycles. The SMILES string of the molecule is Cc1ccccc1Cn1cnc(NC(=O)c2[nH]ncc2Br)n1. The molecule has 0 radical (unpaired) electrons. The first-order valence-electron chi connectivity index (χ1n) is 6.57. The minimum atomic E-state index is -0.349. The maximum Gasteiger partial charge on any atom is 0.277 e. The van der Waals surface area contributed by atoms with Gasteiger partial charge in [0.2, 0.25) is 5.95 Å². The second kappa shape index (κ2) is 6.10. The highest BCUT2D eigenvalue weighted by molar-refractivity contribution is 9.10. The van der Waals surface area contributed by atoms with Crippen molar-refractivity contribution in [2.45, 2.75) is 13.5 Å². The van der Waals surface area contributed by atoms with Crippen LogP contribution in [0.15, 0.2) is 41.3 Å². The smallest absolute Gasteiger partial charge is 0.277 e. The van der Waals surface area contributed by atoms with Gasteiger partial charge in [-0.3, -0.25) is 15.2 Å². The monoisotopic (exact) mass is 360 g/mol. The van der Waals surface area contributed by atoms with Crippen LogP contribution in [-0.4, -0.2) is 30.9 Å². The van der Waals surface area contributed by atoms with E-state index in [2.05, 4.69) is 41.5 Å². The molecule has 0 fully saturated rings. The lowest BCUT2D eigenvalue weighted by atomic mass is 10.1. The molecular weight excluding hydrogens is 348 g/mol. The first-order chi connectivity index (χ1) is 10.6. The largest absolute Gasteiger partial charge is 0.288 e. The third-order valence-corrected chi connectivity index (χ3v) is 3.78. The van der Waals surface area contributed by atoms with Gasteiger partial charge in [-0.1, -0.05) is 24.3 Å². The summed E-state index contributed by atoms with van der Waals surface area (Å²) in [6.07, 6.45) is 3.10. The molecule has 0 aliphatic heterocycles. The van der Waals surface area contributed by atoms with Crippen LogP contribution in [0.4, 0.5) is 5.95 Å². The Hall–Kier alpha value is -2.48. The highest BCUT2D eigenvalue weighted by atomic mass is 79.9. The van der Waals surface area contributed by atoms with Gasteiger partial charge in [-0.05, 0) is 34.0 Å². The van der Waals surface area contributed by atoms with Crippen molar-refractivity contribution in [3.63, 3.8) is 0 Å². The standard InChI is InChI=1S/C14H13BrN6O/c1-9-4-2-3-5-10(9)7-21-8-16-14(20-21)18-13(22)12-11(15)6-17-19-12/h2-6,8H,7H2,1H3,(H,17,19)(H,18,20,22). The van der Waals surface area contributed by atoms with E-state index in [0.29, 0.717) is 16.7 Å². The van der Waals surface area contributed by atoms with Crippen LogP contribution >= 0.6 is 15.9 Å². The third kappa shape index (κ3) is 3.06. The van der Waals surface area contributed by atoms with E-state index < -0.39 is 0 Å². The number of nitrogens with one attached hydrogen (secondary N) is 2. The predicted octanol–water partition coefficient (Wildman–Crippen LogP) is 2.37. The number of halogens is 1. The number of aryl methyl sites for hydroxylation is 1. The Morgan fingerprint density at radius 2 is 2.23 bits per heavy atom. The second-order valence-corrected chi connectivity index (χ2v) is 5.59. The van der Waals surface area contributed by atoms with Crippen LogP contribution < -0.4 is 5.32 Å². The Morgan fingerprint density at radius 1 is 1.41 bits per heavy atom. The van der Waals surface area contributed by atoms with Crippen molar-refractivity contribution in [1.82, 2.24) is 25.0 Å². The number of benzene rings is 1. The minimum Gasteiger partial charge on any atom is -0.288 e. The van der Waals surface area contributed by atoms with Crippen LogP contribution in [0, 0.1) is 6.92 Å². The van der Waals surface area contributed by atoms with Gasteiger partial charge in [-0.25, -0.2) is 9.67 Å². The molecule has 3 aromatic rings. The van der Waals surface area contributed by atoms with E-state index in [0.717, 1.165) is 5.56 Å². The van der Waals surface area contributed by atoms with Gasteiger partial charge in [0.25, 0.3) is 5.91 Å². The summed E-state index contributed by atoms with van der Waals surface area (Å²) in [6, 6.07) is 8.06. The number of aromatic amines is 1. The van der Waals surface area contributed by atoms with Crippen LogP contribution in [0.25, 0.3) is 0 Å². The fraction of sp³-hybridized carbons (Fsp3) is 0.143. The predicted molar refractivity (Wildman–Crippen MR) is 84.5 cm³/mol. The van der Waals surface area contributed by atoms with Gasteiger partial charge in [0.1, 0.15) is 12.0 Å². The van der Waals surface area contributed by atoms with Crippen LogP contribution in [0.5, 0.6) is 0 Å². The summed E-state index contributed by atoms with van der Waals surface area (Å²) >= 11 is 3.24. The van der Waals surface area contributed by atoms with Gasteiger partial charge in [-0.2, -0.15) is 5.10 Å². The average molecular weight is 361 g/mol. The molecule has 0 saturated carbocycles. The van der Waals surface area contributed by atoms with Crippen LogP contribution in [0.1, 0.15) is 21.6 Å². The molecule has 2 N–H and O–H groups in total. The summed E-state index contributed by atoms with van der Waals surface area (Å²) < 4.78 is 2.27. The van der Waals surface area contributed by atoms with E-state index >= 15 is 0 Å². The number of amides is 1. The van der Waals surface area contributed by atoms with Gasteiger partial charge in [0, 0.05) is 0 Å². The molecule has 1 aromatic carbocycles.